The van der Waals surface area contributed by atoms with Crippen molar-refractivity contribution in [2.24, 2.45) is 0 Å². The standard InChI is InChI=1S/C39H41FN4O6S/c1-25-24-51-36-33(25)35(31-13-12-30(40)21-32(31)48-19-18-47-17-15-41-37(45)50-39(2,3)4)43-42-34(36)28-10-11-29-22-44(16-14-27(29)20-28)38(46)49-23-26-8-6-5-7-9-26/h5-13,20-21,24H,14-19,22-23H2,1-4H3,(H,41,45). The maximum absolute atomic E-state index is 14.4. The Morgan fingerprint density at radius 1 is 0.961 bits per heavy atom. The van der Waals surface area contributed by atoms with Crippen molar-refractivity contribution in [3.05, 3.63) is 100 Å². The summed E-state index contributed by atoms with van der Waals surface area (Å²) in [6, 6.07) is 20.2. The number of thiophene rings is 1. The van der Waals surface area contributed by atoms with Gasteiger partial charge in [0.05, 0.1) is 17.9 Å². The Balaban J connectivity index is 1.13. The van der Waals surface area contributed by atoms with Crippen LogP contribution in [-0.4, -0.2) is 65.8 Å². The van der Waals surface area contributed by atoms with E-state index in [-0.39, 0.29) is 39.1 Å². The summed E-state index contributed by atoms with van der Waals surface area (Å²) in [4.78, 5) is 26.3. The number of hydrogen-bond donors (Lipinski definition) is 1. The molecule has 6 rings (SSSR count). The number of nitrogens with zero attached hydrogens (tertiary/aromatic N) is 3. The van der Waals surface area contributed by atoms with E-state index in [0.717, 1.165) is 43.6 Å². The minimum absolute atomic E-state index is 0.164. The van der Waals surface area contributed by atoms with E-state index in [4.69, 9.17) is 24.0 Å². The van der Waals surface area contributed by atoms with Crippen molar-refractivity contribution in [2.45, 2.75) is 52.9 Å². The fraction of sp³-hybridized carbons (Fsp3) is 0.333. The van der Waals surface area contributed by atoms with Crippen molar-refractivity contribution in [2.75, 3.05) is 32.9 Å². The van der Waals surface area contributed by atoms with Gasteiger partial charge in [-0.15, -0.1) is 21.5 Å². The number of carbonyl (C=O) groups excluding carboxylic acids is 2. The maximum Gasteiger partial charge on any atom is 0.410 e. The number of benzene rings is 3. The number of aromatic nitrogens is 2. The molecule has 10 nitrogen and oxygen atoms in total. The molecule has 0 spiro atoms. The monoisotopic (exact) mass is 712 g/mol. The van der Waals surface area contributed by atoms with Gasteiger partial charge in [0.1, 0.15) is 41.8 Å². The predicted molar refractivity (Wildman–Crippen MR) is 194 cm³/mol. The molecule has 12 heteroatoms. The van der Waals surface area contributed by atoms with Crippen LogP contribution in [0, 0.1) is 12.7 Å². The summed E-state index contributed by atoms with van der Waals surface area (Å²) in [6.07, 6.45) is -0.136. The molecule has 3 aromatic carbocycles. The number of alkyl carbamates (subject to hydrolysis) is 1. The topological polar surface area (TPSA) is 112 Å². The molecule has 0 atom stereocenters. The first kappa shape index (κ1) is 35.7. The molecule has 2 amide bonds. The molecular formula is C39H41FN4O6S. The smallest absolute Gasteiger partial charge is 0.410 e. The molecule has 0 saturated carbocycles. The molecule has 0 fully saturated rings. The van der Waals surface area contributed by atoms with Gasteiger partial charge in [0.15, 0.2) is 0 Å². The molecule has 0 aliphatic carbocycles. The number of halogens is 1. The highest BCUT2D eigenvalue weighted by Crippen LogP contribution is 2.41. The summed E-state index contributed by atoms with van der Waals surface area (Å²) in [5, 5.41) is 15.0. The first-order chi connectivity index (χ1) is 24.6. The second-order valence-corrected chi connectivity index (χ2v) is 14.1. The second kappa shape index (κ2) is 15.9. The van der Waals surface area contributed by atoms with Gasteiger partial charge in [0.25, 0.3) is 0 Å². The Labute approximate surface area is 300 Å². The normalized spacial score (nSPS) is 12.8. The lowest BCUT2D eigenvalue weighted by Gasteiger charge is -2.28. The van der Waals surface area contributed by atoms with Crippen LogP contribution in [0.1, 0.15) is 43.0 Å². The number of carbonyl (C=O) groups is 2. The molecule has 0 bridgehead atoms. The molecule has 51 heavy (non-hydrogen) atoms. The van der Waals surface area contributed by atoms with Crippen molar-refractivity contribution in [1.29, 1.82) is 0 Å². The minimum atomic E-state index is -0.577. The largest absolute Gasteiger partial charge is 0.490 e. The fourth-order valence-corrected chi connectivity index (χ4v) is 6.87. The summed E-state index contributed by atoms with van der Waals surface area (Å²) in [5.41, 5.74) is 6.56. The first-order valence-corrected chi connectivity index (χ1v) is 17.7. The van der Waals surface area contributed by atoms with Crippen molar-refractivity contribution in [3.8, 4) is 28.3 Å². The summed E-state index contributed by atoms with van der Waals surface area (Å²) >= 11 is 1.59. The van der Waals surface area contributed by atoms with Crippen LogP contribution in [-0.2, 0) is 33.8 Å². The third-order valence-electron chi connectivity index (χ3n) is 8.23. The molecule has 0 radical (unpaired) electrons. The van der Waals surface area contributed by atoms with Gasteiger partial charge in [-0.25, -0.2) is 14.0 Å². The van der Waals surface area contributed by atoms with Crippen LogP contribution in [0.15, 0.2) is 72.1 Å². The maximum atomic E-state index is 14.4. The Morgan fingerprint density at radius 3 is 2.57 bits per heavy atom. The van der Waals surface area contributed by atoms with Crippen molar-refractivity contribution < 1.29 is 32.9 Å². The van der Waals surface area contributed by atoms with Gasteiger partial charge in [-0.05, 0) is 79.9 Å². The van der Waals surface area contributed by atoms with Crippen molar-refractivity contribution in [3.63, 3.8) is 0 Å². The van der Waals surface area contributed by atoms with E-state index in [1.165, 1.54) is 12.1 Å². The lowest BCUT2D eigenvalue weighted by molar-refractivity contribution is 0.0488. The number of nitrogens with one attached hydrogen (secondary N) is 1. The third kappa shape index (κ3) is 9.00. The zero-order valence-electron chi connectivity index (χ0n) is 29.2. The van der Waals surface area contributed by atoms with E-state index in [1.807, 2.05) is 49.4 Å². The molecule has 2 aromatic heterocycles. The van der Waals surface area contributed by atoms with E-state index in [2.05, 4.69) is 21.9 Å². The lowest BCUT2D eigenvalue weighted by atomic mass is 9.95. The number of aryl methyl sites for hydroxylation is 1. The molecule has 0 saturated heterocycles. The molecule has 0 unspecified atom stereocenters. The van der Waals surface area contributed by atoms with Gasteiger partial charge >= 0.3 is 12.2 Å². The van der Waals surface area contributed by atoms with E-state index < -0.39 is 17.5 Å². The van der Waals surface area contributed by atoms with Crippen LogP contribution in [0.4, 0.5) is 14.0 Å². The van der Waals surface area contributed by atoms with Gasteiger partial charge in [-0.3, -0.25) is 0 Å². The van der Waals surface area contributed by atoms with Crippen molar-refractivity contribution >= 4 is 33.6 Å². The highest BCUT2D eigenvalue weighted by Gasteiger charge is 2.24. The average Bonchev–Trinajstić information content (AvgIpc) is 3.50. The van der Waals surface area contributed by atoms with E-state index >= 15 is 0 Å². The average molecular weight is 713 g/mol. The summed E-state index contributed by atoms with van der Waals surface area (Å²) in [6.45, 7) is 9.63. The summed E-state index contributed by atoms with van der Waals surface area (Å²) in [7, 11) is 0. The summed E-state index contributed by atoms with van der Waals surface area (Å²) < 4.78 is 37.8. The quantitative estimate of drug-likeness (QED) is 0.137. The Bertz CT molecular complexity index is 2010. The molecular weight excluding hydrogens is 672 g/mol. The molecule has 1 aliphatic heterocycles. The van der Waals surface area contributed by atoms with Crippen LogP contribution < -0.4 is 10.1 Å². The van der Waals surface area contributed by atoms with Crippen LogP contribution in [0.5, 0.6) is 5.75 Å². The number of rotatable bonds is 11. The fourth-order valence-electron chi connectivity index (χ4n) is 5.82. The molecule has 5 aromatic rings. The van der Waals surface area contributed by atoms with E-state index in [9.17, 15) is 14.0 Å². The predicted octanol–water partition coefficient (Wildman–Crippen LogP) is 8.09. The number of fused-ring (bicyclic) bond motifs is 2. The molecule has 1 N–H and O–H groups in total. The van der Waals surface area contributed by atoms with Gasteiger partial charge in [0.2, 0.25) is 0 Å². The minimum Gasteiger partial charge on any atom is -0.490 e. The number of ether oxygens (including phenoxy) is 4. The van der Waals surface area contributed by atoms with Gasteiger partial charge in [0, 0.05) is 42.2 Å². The Kier molecular flexibility index (Phi) is 11.1. The Morgan fingerprint density at radius 2 is 1.76 bits per heavy atom. The lowest BCUT2D eigenvalue weighted by Crippen LogP contribution is -2.36. The SMILES string of the molecule is Cc1csc2c(-c3ccc4c(c3)CCN(C(=O)OCc3ccccc3)C4)nnc(-c3ccc(F)cc3OCCOCCNC(=O)OC(C)(C)C)c12. The zero-order chi connectivity index (χ0) is 36.0. The zero-order valence-corrected chi connectivity index (χ0v) is 30.0. The second-order valence-electron chi connectivity index (χ2n) is 13.2. The van der Waals surface area contributed by atoms with E-state index in [0.29, 0.717) is 36.5 Å². The van der Waals surface area contributed by atoms with Crippen LogP contribution in [0.2, 0.25) is 0 Å². The molecule has 266 valence electrons. The number of hydrogen-bond acceptors (Lipinski definition) is 9. The molecule has 3 heterocycles. The highest BCUT2D eigenvalue weighted by molar-refractivity contribution is 7.18. The Hall–Kier alpha value is -5.07. The molecule has 1 aliphatic rings. The third-order valence-corrected chi connectivity index (χ3v) is 9.34. The van der Waals surface area contributed by atoms with Crippen LogP contribution in [0.3, 0.4) is 0 Å². The number of amides is 2. The van der Waals surface area contributed by atoms with Gasteiger partial charge in [-0.1, -0.05) is 42.5 Å². The summed E-state index contributed by atoms with van der Waals surface area (Å²) in [5.74, 6) is -0.101. The van der Waals surface area contributed by atoms with Crippen LogP contribution in [0.25, 0.3) is 32.6 Å². The van der Waals surface area contributed by atoms with E-state index in [1.54, 1.807) is 43.1 Å². The van der Waals surface area contributed by atoms with Gasteiger partial charge < -0.3 is 29.2 Å². The first-order valence-electron chi connectivity index (χ1n) is 16.9. The van der Waals surface area contributed by atoms with Crippen molar-refractivity contribution in [1.82, 2.24) is 20.4 Å². The van der Waals surface area contributed by atoms with Gasteiger partial charge in [-0.2, -0.15) is 0 Å². The van der Waals surface area contributed by atoms with Crippen LogP contribution >= 0.6 is 11.3 Å². The highest BCUT2D eigenvalue weighted by atomic mass is 32.1.